The second-order valence-electron chi connectivity index (χ2n) is 3.59. The molecule has 1 aliphatic rings. The number of rotatable bonds is 5. The molecule has 0 radical (unpaired) electrons. The molecule has 15 heavy (non-hydrogen) atoms. The van der Waals surface area contributed by atoms with Crippen molar-refractivity contribution < 1.29 is 14.3 Å². The van der Waals surface area contributed by atoms with E-state index in [9.17, 15) is 9.59 Å². The maximum atomic E-state index is 11.6. The average Bonchev–Trinajstić information content (AvgIpc) is 2.60. The smallest absolute Gasteiger partial charge is 0.257 e. The van der Waals surface area contributed by atoms with Crippen LogP contribution in [0.15, 0.2) is 11.8 Å². The van der Waals surface area contributed by atoms with E-state index in [2.05, 4.69) is 6.92 Å². The van der Waals surface area contributed by atoms with Crippen molar-refractivity contribution in [3.05, 3.63) is 11.8 Å². The number of methoxy groups -OCH3 is 1. The second-order valence-corrected chi connectivity index (χ2v) is 3.59. The molecule has 0 aliphatic carbocycles. The minimum absolute atomic E-state index is 0.100. The number of carbonyl (C=O) groups excluding carboxylic acids is 2. The van der Waals surface area contributed by atoms with Crippen LogP contribution in [0.1, 0.15) is 32.6 Å². The Labute approximate surface area is 89.9 Å². The summed E-state index contributed by atoms with van der Waals surface area (Å²) in [5, 5.41) is 0. The molecule has 0 aromatic rings. The first-order valence-electron chi connectivity index (χ1n) is 5.28. The molecule has 0 N–H and O–H groups in total. The van der Waals surface area contributed by atoms with E-state index in [-0.39, 0.29) is 11.8 Å². The van der Waals surface area contributed by atoms with Gasteiger partial charge in [0.15, 0.2) is 0 Å². The highest BCUT2D eigenvalue weighted by Crippen LogP contribution is 2.13. The third kappa shape index (κ3) is 3.08. The Kier molecular flexibility index (Phi) is 4.34. The highest BCUT2D eigenvalue weighted by atomic mass is 16.5. The first kappa shape index (κ1) is 11.8. The van der Waals surface area contributed by atoms with Crippen LogP contribution in [-0.2, 0) is 14.3 Å². The highest BCUT2D eigenvalue weighted by molar-refractivity contribution is 6.03. The third-order valence-electron chi connectivity index (χ3n) is 2.42. The maximum Gasteiger partial charge on any atom is 0.257 e. The summed E-state index contributed by atoms with van der Waals surface area (Å²) in [5.74, 6) is 0.203. The number of carbonyl (C=O) groups is 2. The van der Waals surface area contributed by atoms with E-state index in [1.165, 1.54) is 18.1 Å². The van der Waals surface area contributed by atoms with Gasteiger partial charge >= 0.3 is 0 Å². The van der Waals surface area contributed by atoms with Crippen LogP contribution in [0.25, 0.3) is 0 Å². The molecule has 4 heteroatoms. The van der Waals surface area contributed by atoms with E-state index in [1.54, 1.807) is 0 Å². The summed E-state index contributed by atoms with van der Waals surface area (Å²) >= 11 is 0. The lowest BCUT2D eigenvalue weighted by Crippen LogP contribution is -2.32. The van der Waals surface area contributed by atoms with Gasteiger partial charge in [-0.3, -0.25) is 14.5 Å². The highest BCUT2D eigenvalue weighted by Gasteiger charge is 2.27. The molecule has 84 valence electrons. The van der Waals surface area contributed by atoms with Gasteiger partial charge in [0.2, 0.25) is 5.91 Å². The summed E-state index contributed by atoms with van der Waals surface area (Å²) in [7, 11) is 1.50. The van der Waals surface area contributed by atoms with Gasteiger partial charge < -0.3 is 4.74 Å². The standard InChI is InChI=1S/C11H17NO3/c1-3-4-5-6-10(13)12-8-9(15-2)7-11(12)14/h7H,3-6,8H2,1-2H3. The summed E-state index contributed by atoms with van der Waals surface area (Å²) in [6.07, 6.45) is 4.77. The second kappa shape index (κ2) is 5.53. The van der Waals surface area contributed by atoms with Crippen LogP contribution in [0.2, 0.25) is 0 Å². The number of unbranched alkanes of at least 4 members (excludes halogenated alkanes) is 2. The Balaban J connectivity index is 2.39. The minimum Gasteiger partial charge on any atom is -0.499 e. The maximum absolute atomic E-state index is 11.6. The van der Waals surface area contributed by atoms with Crippen LogP contribution >= 0.6 is 0 Å². The van der Waals surface area contributed by atoms with Crippen LogP contribution in [0.4, 0.5) is 0 Å². The first-order valence-corrected chi connectivity index (χ1v) is 5.28. The Morgan fingerprint density at radius 1 is 1.53 bits per heavy atom. The predicted octanol–water partition coefficient (Wildman–Crippen LogP) is 1.47. The van der Waals surface area contributed by atoms with Gasteiger partial charge in [-0.05, 0) is 6.42 Å². The van der Waals surface area contributed by atoms with Crippen molar-refractivity contribution in [1.82, 2.24) is 4.90 Å². The van der Waals surface area contributed by atoms with E-state index in [0.717, 1.165) is 19.3 Å². The molecule has 4 nitrogen and oxygen atoms in total. The lowest BCUT2D eigenvalue weighted by molar-refractivity contribution is -0.140. The Bertz CT molecular complexity index is 284. The molecular weight excluding hydrogens is 194 g/mol. The zero-order valence-corrected chi connectivity index (χ0v) is 9.28. The fraction of sp³-hybridized carbons (Fsp3) is 0.636. The van der Waals surface area contributed by atoms with Crippen molar-refractivity contribution in [3.8, 4) is 0 Å². The van der Waals surface area contributed by atoms with Crippen LogP contribution in [0.3, 0.4) is 0 Å². The number of hydrogen-bond acceptors (Lipinski definition) is 3. The Morgan fingerprint density at radius 2 is 2.27 bits per heavy atom. The monoisotopic (exact) mass is 211 g/mol. The van der Waals surface area contributed by atoms with Crippen LogP contribution < -0.4 is 0 Å². The minimum atomic E-state index is -0.256. The van der Waals surface area contributed by atoms with Crippen molar-refractivity contribution in [1.29, 1.82) is 0 Å². The van der Waals surface area contributed by atoms with Crippen LogP contribution in [0.5, 0.6) is 0 Å². The van der Waals surface area contributed by atoms with Crippen LogP contribution in [0, 0.1) is 0 Å². The fourth-order valence-corrected chi connectivity index (χ4v) is 1.49. The van der Waals surface area contributed by atoms with Crippen molar-refractivity contribution in [2.45, 2.75) is 32.6 Å². The molecule has 0 bridgehead atoms. The van der Waals surface area contributed by atoms with Gasteiger partial charge in [-0.1, -0.05) is 19.8 Å². The van der Waals surface area contributed by atoms with E-state index in [0.29, 0.717) is 18.7 Å². The molecule has 2 amide bonds. The summed E-state index contributed by atoms with van der Waals surface area (Å²) < 4.78 is 4.93. The Hall–Kier alpha value is -1.32. The quantitative estimate of drug-likeness (QED) is 0.647. The van der Waals surface area contributed by atoms with E-state index >= 15 is 0 Å². The molecule has 1 heterocycles. The van der Waals surface area contributed by atoms with Crippen molar-refractivity contribution in [3.63, 3.8) is 0 Å². The van der Waals surface area contributed by atoms with Gasteiger partial charge in [0.05, 0.1) is 13.7 Å². The predicted molar refractivity (Wildman–Crippen MR) is 56.0 cm³/mol. The van der Waals surface area contributed by atoms with Gasteiger partial charge in [0.1, 0.15) is 5.76 Å². The fourth-order valence-electron chi connectivity index (χ4n) is 1.49. The summed E-state index contributed by atoms with van der Waals surface area (Å²) in [5.41, 5.74) is 0. The molecule has 0 saturated carbocycles. The van der Waals surface area contributed by atoms with Crippen molar-refractivity contribution in [2.24, 2.45) is 0 Å². The van der Waals surface area contributed by atoms with E-state index in [1.807, 2.05) is 0 Å². The number of ether oxygens (including phenoxy) is 1. The van der Waals surface area contributed by atoms with Crippen molar-refractivity contribution in [2.75, 3.05) is 13.7 Å². The number of imide groups is 1. The third-order valence-corrected chi connectivity index (χ3v) is 2.42. The lowest BCUT2D eigenvalue weighted by atomic mass is 10.2. The molecule has 0 aromatic heterocycles. The van der Waals surface area contributed by atoms with Gasteiger partial charge in [0, 0.05) is 12.5 Å². The molecule has 0 spiro atoms. The summed E-state index contributed by atoms with van der Waals surface area (Å²) in [4.78, 5) is 24.2. The molecule has 1 rings (SSSR count). The molecule has 0 unspecified atom stereocenters. The average molecular weight is 211 g/mol. The number of amides is 2. The molecule has 0 saturated heterocycles. The van der Waals surface area contributed by atoms with E-state index in [4.69, 9.17) is 4.74 Å². The van der Waals surface area contributed by atoms with Gasteiger partial charge in [0.25, 0.3) is 5.91 Å². The lowest BCUT2D eigenvalue weighted by Gasteiger charge is -2.13. The summed E-state index contributed by atoms with van der Waals surface area (Å²) in [6.45, 7) is 2.37. The zero-order chi connectivity index (χ0) is 11.3. The van der Waals surface area contributed by atoms with Gasteiger partial charge in [-0.15, -0.1) is 0 Å². The SMILES string of the molecule is CCCCCC(=O)N1CC(OC)=CC1=O. The summed E-state index contributed by atoms with van der Waals surface area (Å²) in [6, 6.07) is 0. The molecular formula is C11H17NO3. The Morgan fingerprint density at radius 3 is 2.80 bits per heavy atom. The van der Waals surface area contributed by atoms with Gasteiger partial charge in [-0.2, -0.15) is 0 Å². The van der Waals surface area contributed by atoms with Gasteiger partial charge in [-0.25, -0.2) is 0 Å². The van der Waals surface area contributed by atoms with Crippen LogP contribution in [-0.4, -0.2) is 30.4 Å². The first-order chi connectivity index (χ1) is 7.19. The zero-order valence-electron chi connectivity index (χ0n) is 9.28. The molecule has 0 aromatic carbocycles. The van der Waals surface area contributed by atoms with E-state index < -0.39 is 0 Å². The molecule has 1 aliphatic heterocycles. The normalized spacial score (nSPS) is 15.5. The number of hydrogen-bond donors (Lipinski definition) is 0. The van der Waals surface area contributed by atoms with Crippen molar-refractivity contribution >= 4 is 11.8 Å². The molecule has 0 fully saturated rings. The number of nitrogens with zero attached hydrogens (tertiary/aromatic N) is 1. The molecule has 0 atom stereocenters. The topological polar surface area (TPSA) is 46.6 Å². The largest absolute Gasteiger partial charge is 0.499 e.